The van der Waals surface area contributed by atoms with Crippen LogP contribution in [0.25, 0.3) is 0 Å². The molecule has 0 unspecified atom stereocenters. The molecular formula is C15H17ClN4O2. The van der Waals surface area contributed by atoms with Gasteiger partial charge < -0.3 is 15.4 Å². The Morgan fingerprint density at radius 2 is 1.95 bits per heavy atom. The van der Waals surface area contributed by atoms with Gasteiger partial charge in [0.15, 0.2) is 5.69 Å². The molecule has 6 nitrogen and oxygen atoms in total. The van der Waals surface area contributed by atoms with Crippen LogP contribution in [0.5, 0.6) is 0 Å². The van der Waals surface area contributed by atoms with E-state index in [-0.39, 0.29) is 11.6 Å². The van der Waals surface area contributed by atoms with Gasteiger partial charge in [0.1, 0.15) is 5.82 Å². The molecule has 1 heterocycles. The van der Waals surface area contributed by atoms with E-state index in [1.54, 1.807) is 19.2 Å². The molecule has 116 valence electrons. The number of carbonyl (C=O) groups is 1. The minimum atomic E-state index is -0.270. The number of nitrogens with zero attached hydrogens (tertiary/aromatic N) is 2. The maximum absolute atomic E-state index is 11.7. The average molecular weight is 321 g/mol. The van der Waals surface area contributed by atoms with Gasteiger partial charge in [0.05, 0.1) is 6.61 Å². The minimum absolute atomic E-state index is 0.270. The van der Waals surface area contributed by atoms with Crippen molar-refractivity contribution >= 4 is 23.3 Å². The highest BCUT2D eigenvalue weighted by Crippen LogP contribution is 2.11. The molecule has 0 aliphatic carbocycles. The summed E-state index contributed by atoms with van der Waals surface area (Å²) in [5, 5.41) is 14.4. The molecule has 1 amide bonds. The molecule has 2 rings (SSSR count). The molecule has 7 heteroatoms. The summed E-state index contributed by atoms with van der Waals surface area (Å²) >= 11 is 5.83. The summed E-state index contributed by atoms with van der Waals surface area (Å²) in [5.74, 6) is 0.331. The van der Waals surface area contributed by atoms with Gasteiger partial charge in [0.2, 0.25) is 0 Å². The molecule has 0 saturated carbocycles. The summed E-state index contributed by atoms with van der Waals surface area (Å²) in [5.41, 5.74) is 1.35. The number of hydrogen-bond acceptors (Lipinski definition) is 5. The van der Waals surface area contributed by atoms with Gasteiger partial charge in [0.25, 0.3) is 5.91 Å². The van der Waals surface area contributed by atoms with Gasteiger partial charge in [-0.2, -0.15) is 0 Å². The Hall–Kier alpha value is -2.18. The Kier molecular flexibility index (Phi) is 6.12. The first-order valence-electron chi connectivity index (χ1n) is 6.78. The molecule has 0 fully saturated rings. The topological polar surface area (TPSA) is 76.1 Å². The molecule has 2 aromatic rings. The molecule has 22 heavy (non-hydrogen) atoms. The third-order valence-electron chi connectivity index (χ3n) is 2.88. The van der Waals surface area contributed by atoms with Crippen LogP contribution in [0, 0.1) is 0 Å². The number of benzene rings is 1. The number of aromatic nitrogens is 2. The Bertz CT molecular complexity index is 602. The molecule has 1 aromatic carbocycles. The quantitative estimate of drug-likeness (QED) is 0.764. The van der Waals surface area contributed by atoms with E-state index in [0.717, 1.165) is 5.56 Å². The SMILES string of the molecule is COCCNC(=O)c1ccc(NCc2ccc(Cl)cc2)nn1. The lowest BCUT2D eigenvalue weighted by Gasteiger charge is -2.06. The van der Waals surface area contributed by atoms with Crippen molar-refractivity contribution in [2.24, 2.45) is 0 Å². The summed E-state index contributed by atoms with van der Waals surface area (Å²) in [7, 11) is 1.58. The zero-order valence-corrected chi connectivity index (χ0v) is 12.9. The van der Waals surface area contributed by atoms with E-state index in [4.69, 9.17) is 16.3 Å². The maximum Gasteiger partial charge on any atom is 0.271 e. The summed E-state index contributed by atoms with van der Waals surface area (Å²) in [6.07, 6.45) is 0. The van der Waals surface area contributed by atoms with Crippen LogP contribution in [0.1, 0.15) is 16.1 Å². The first-order valence-corrected chi connectivity index (χ1v) is 7.16. The second-order valence-corrected chi connectivity index (χ2v) is 4.97. The number of halogens is 1. The first-order chi connectivity index (χ1) is 10.7. The lowest BCUT2D eigenvalue weighted by molar-refractivity contribution is 0.0931. The van der Waals surface area contributed by atoms with Crippen molar-refractivity contribution in [2.75, 3.05) is 25.6 Å². The second-order valence-electron chi connectivity index (χ2n) is 4.53. The molecule has 1 aromatic heterocycles. The van der Waals surface area contributed by atoms with E-state index in [1.165, 1.54) is 0 Å². The lowest BCUT2D eigenvalue weighted by Crippen LogP contribution is -2.27. The summed E-state index contributed by atoms with van der Waals surface area (Å²) in [4.78, 5) is 11.7. The zero-order chi connectivity index (χ0) is 15.8. The van der Waals surface area contributed by atoms with Gasteiger partial charge in [-0.1, -0.05) is 23.7 Å². The van der Waals surface area contributed by atoms with Crippen molar-refractivity contribution in [3.63, 3.8) is 0 Å². The Morgan fingerprint density at radius 1 is 1.18 bits per heavy atom. The van der Waals surface area contributed by atoms with Crippen LogP contribution in [0.3, 0.4) is 0 Å². The fourth-order valence-corrected chi connectivity index (χ4v) is 1.83. The van der Waals surface area contributed by atoms with E-state index < -0.39 is 0 Å². The number of nitrogens with one attached hydrogen (secondary N) is 2. The van der Waals surface area contributed by atoms with Gasteiger partial charge in [0, 0.05) is 25.2 Å². The van der Waals surface area contributed by atoms with Crippen molar-refractivity contribution in [3.8, 4) is 0 Å². The van der Waals surface area contributed by atoms with E-state index in [9.17, 15) is 4.79 Å². The number of rotatable bonds is 7. The number of carbonyl (C=O) groups excluding carboxylic acids is 1. The molecule has 0 saturated heterocycles. The monoisotopic (exact) mass is 320 g/mol. The minimum Gasteiger partial charge on any atom is -0.383 e. The Balaban J connectivity index is 1.86. The first kappa shape index (κ1) is 16.2. The van der Waals surface area contributed by atoms with E-state index in [2.05, 4.69) is 20.8 Å². The van der Waals surface area contributed by atoms with Crippen LogP contribution in [0.4, 0.5) is 5.82 Å². The summed E-state index contributed by atoms with van der Waals surface area (Å²) < 4.78 is 4.86. The van der Waals surface area contributed by atoms with Gasteiger partial charge in [-0.15, -0.1) is 10.2 Å². The van der Waals surface area contributed by atoms with Crippen LogP contribution >= 0.6 is 11.6 Å². The normalized spacial score (nSPS) is 10.3. The van der Waals surface area contributed by atoms with E-state index in [0.29, 0.717) is 30.5 Å². The van der Waals surface area contributed by atoms with Crippen molar-refractivity contribution in [3.05, 3.63) is 52.7 Å². The standard InChI is InChI=1S/C15H17ClN4O2/c1-22-9-8-17-15(21)13-6-7-14(20-19-13)18-10-11-2-4-12(16)5-3-11/h2-7H,8-10H2,1H3,(H,17,21)(H,18,20). The molecule has 0 aliphatic rings. The predicted molar refractivity (Wildman–Crippen MR) is 85.0 cm³/mol. The number of ether oxygens (including phenoxy) is 1. The highest BCUT2D eigenvalue weighted by atomic mass is 35.5. The van der Waals surface area contributed by atoms with Crippen molar-refractivity contribution in [1.82, 2.24) is 15.5 Å². The van der Waals surface area contributed by atoms with Crippen molar-refractivity contribution in [1.29, 1.82) is 0 Å². The Labute approximate surface area is 133 Å². The van der Waals surface area contributed by atoms with Crippen molar-refractivity contribution < 1.29 is 9.53 Å². The maximum atomic E-state index is 11.7. The van der Waals surface area contributed by atoms with E-state index >= 15 is 0 Å². The van der Waals surface area contributed by atoms with Crippen LogP contribution in [0.15, 0.2) is 36.4 Å². The van der Waals surface area contributed by atoms with Gasteiger partial charge in [-0.05, 0) is 29.8 Å². The zero-order valence-electron chi connectivity index (χ0n) is 12.2. The molecule has 0 spiro atoms. The van der Waals surface area contributed by atoms with Crippen LogP contribution < -0.4 is 10.6 Å². The smallest absolute Gasteiger partial charge is 0.271 e. The lowest BCUT2D eigenvalue weighted by atomic mass is 10.2. The summed E-state index contributed by atoms with van der Waals surface area (Å²) in [6.45, 7) is 1.50. The molecule has 0 atom stereocenters. The number of methoxy groups -OCH3 is 1. The van der Waals surface area contributed by atoms with Gasteiger partial charge in [-0.25, -0.2) is 0 Å². The van der Waals surface area contributed by atoms with Crippen molar-refractivity contribution in [2.45, 2.75) is 6.54 Å². The third-order valence-corrected chi connectivity index (χ3v) is 3.13. The third kappa shape index (κ3) is 4.98. The number of amides is 1. The number of anilines is 1. The molecule has 2 N–H and O–H groups in total. The second kappa shape index (κ2) is 8.31. The average Bonchev–Trinajstić information content (AvgIpc) is 2.55. The number of hydrogen-bond donors (Lipinski definition) is 2. The largest absolute Gasteiger partial charge is 0.383 e. The molecule has 0 radical (unpaired) electrons. The highest BCUT2D eigenvalue weighted by molar-refractivity contribution is 6.30. The highest BCUT2D eigenvalue weighted by Gasteiger charge is 2.07. The van der Waals surface area contributed by atoms with Crippen LogP contribution in [0.2, 0.25) is 5.02 Å². The fraction of sp³-hybridized carbons (Fsp3) is 0.267. The molecule has 0 aliphatic heterocycles. The van der Waals surface area contributed by atoms with Crippen LogP contribution in [-0.2, 0) is 11.3 Å². The van der Waals surface area contributed by atoms with Crippen LogP contribution in [-0.4, -0.2) is 36.4 Å². The fourth-order valence-electron chi connectivity index (χ4n) is 1.70. The predicted octanol–water partition coefficient (Wildman–Crippen LogP) is 2.12. The Morgan fingerprint density at radius 3 is 2.59 bits per heavy atom. The molecule has 0 bridgehead atoms. The van der Waals surface area contributed by atoms with Gasteiger partial charge in [-0.3, -0.25) is 4.79 Å². The summed E-state index contributed by atoms with van der Waals surface area (Å²) in [6, 6.07) is 10.9. The van der Waals surface area contributed by atoms with E-state index in [1.807, 2.05) is 24.3 Å². The van der Waals surface area contributed by atoms with Gasteiger partial charge >= 0.3 is 0 Å². The molecular weight excluding hydrogens is 304 g/mol.